The molecule has 13 heavy (non-hydrogen) atoms. The molecule has 1 rings (SSSR count). The van der Waals surface area contributed by atoms with Gasteiger partial charge in [-0.05, 0) is 37.1 Å². The monoisotopic (exact) mass is 199 g/mol. The Bertz CT molecular complexity index is 338. The molecule has 0 bridgehead atoms. The van der Waals surface area contributed by atoms with Gasteiger partial charge in [0.1, 0.15) is 5.75 Å². The third-order valence-corrected chi connectivity index (χ3v) is 2.11. The smallest absolute Gasteiger partial charge is 0.175 e. The summed E-state index contributed by atoms with van der Waals surface area (Å²) in [6.07, 6.45) is 0. The molecule has 0 fully saturated rings. The Hall–Kier alpha value is -1.22. The van der Waals surface area contributed by atoms with E-state index in [1.54, 1.807) is 26.0 Å². The summed E-state index contributed by atoms with van der Waals surface area (Å²) in [5, 5.41) is 20.8. The molecule has 0 aliphatic heterocycles. The summed E-state index contributed by atoms with van der Waals surface area (Å²) in [6.45, 7) is 3.51. The molecule has 0 atom stereocenters. The number of oxime groups is 1. The summed E-state index contributed by atoms with van der Waals surface area (Å²) in [7, 11) is 0. The largest absolute Gasteiger partial charge is 0.507 e. The molecule has 0 radical (unpaired) electrons. The summed E-state index contributed by atoms with van der Waals surface area (Å²) in [5.41, 5.74) is 2.01. The van der Waals surface area contributed by atoms with Gasteiger partial charge >= 0.3 is 0 Å². The van der Waals surface area contributed by atoms with E-state index in [0.29, 0.717) is 16.7 Å². The zero-order valence-electron chi connectivity index (χ0n) is 7.37. The minimum absolute atomic E-state index is 0.0196. The summed E-state index contributed by atoms with van der Waals surface area (Å²) in [6, 6.07) is 3.31. The fourth-order valence-corrected chi connectivity index (χ4v) is 1.24. The van der Waals surface area contributed by atoms with Gasteiger partial charge in [-0.2, -0.15) is 0 Å². The maximum absolute atomic E-state index is 9.44. The zero-order chi connectivity index (χ0) is 10.0. The van der Waals surface area contributed by atoms with Gasteiger partial charge in [-0.1, -0.05) is 16.8 Å². The normalized spacial score (nSPS) is 11.8. The first kappa shape index (κ1) is 9.86. The number of nitrogens with zero attached hydrogens (tertiary/aromatic N) is 1. The van der Waals surface area contributed by atoms with Crippen molar-refractivity contribution in [1.29, 1.82) is 0 Å². The molecule has 0 aliphatic rings. The van der Waals surface area contributed by atoms with Crippen molar-refractivity contribution in [3.8, 4) is 5.75 Å². The first-order valence-electron chi connectivity index (χ1n) is 3.74. The second-order valence-electron chi connectivity index (χ2n) is 2.85. The Morgan fingerprint density at radius 1 is 1.31 bits per heavy atom. The molecule has 4 heteroatoms. The number of hydrogen-bond acceptors (Lipinski definition) is 3. The number of phenols is 1. The molecule has 1 aromatic carbocycles. The minimum atomic E-state index is 0.0196. The summed E-state index contributed by atoms with van der Waals surface area (Å²) >= 11 is 5.61. The molecular weight excluding hydrogens is 190 g/mol. The number of rotatable bonds is 1. The van der Waals surface area contributed by atoms with E-state index in [9.17, 15) is 5.11 Å². The fourth-order valence-electron chi connectivity index (χ4n) is 1.13. The van der Waals surface area contributed by atoms with Gasteiger partial charge in [0.15, 0.2) is 5.17 Å². The van der Waals surface area contributed by atoms with Crippen LogP contribution in [0.2, 0.25) is 0 Å². The van der Waals surface area contributed by atoms with E-state index in [1.165, 1.54) is 0 Å². The molecule has 0 unspecified atom stereocenters. The average Bonchev–Trinajstić information content (AvgIpc) is 2.12. The second kappa shape index (κ2) is 3.66. The van der Waals surface area contributed by atoms with E-state index in [0.717, 1.165) is 0 Å². The van der Waals surface area contributed by atoms with Crippen LogP contribution in [-0.4, -0.2) is 15.5 Å². The summed E-state index contributed by atoms with van der Waals surface area (Å²) < 4.78 is 0. The van der Waals surface area contributed by atoms with Crippen LogP contribution in [0.15, 0.2) is 17.3 Å². The Balaban J connectivity index is 3.29. The van der Waals surface area contributed by atoms with Crippen LogP contribution in [0.5, 0.6) is 5.75 Å². The van der Waals surface area contributed by atoms with Crippen molar-refractivity contribution in [2.45, 2.75) is 13.8 Å². The fraction of sp³-hybridized carbons (Fsp3) is 0.222. The number of aryl methyl sites for hydroxylation is 2. The van der Waals surface area contributed by atoms with E-state index in [-0.39, 0.29) is 10.9 Å². The summed E-state index contributed by atoms with van der Waals surface area (Å²) in [5.74, 6) is 0.242. The molecule has 3 nitrogen and oxygen atoms in total. The highest BCUT2D eigenvalue weighted by atomic mass is 35.5. The third-order valence-electron chi connectivity index (χ3n) is 1.82. The maximum atomic E-state index is 9.44. The lowest BCUT2D eigenvalue weighted by atomic mass is 10.1. The van der Waals surface area contributed by atoms with Gasteiger partial charge in [-0.25, -0.2) is 0 Å². The van der Waals surface area contributed by atoms with Gasteiger partial charge < -0.3 is 10.3 Å². The van der Waals surface area contributed by atoms with E-state index in [2.05, 4.69) is 5.16 Å². The molecule has 0 saturated carbocycles. The van der Waals surface area contributed by atoms with Crippen LogP contribution in [0.4, 0.5) is 0 Å². The summed E-state index contributed by atoms with van der Waals surface area (Å²) in [4.78, 5) is 0. The van der Waals surface area contributed by atoms with Crippen molar-refractivity contribution >= 4 is 16.8 Å². The second-order valence-corrected chi connectivity index (χ2v) is 3.21. The molecule has 0 spiro atoms. The highest BCUT2D eigenvalue weighted by molar-refractivity contribution is 6.69. The molecule has 0 aromatic heterocycles. The predicted octanol–water partition coefficient (Wildman–Crippen LogP) is 2.38. The van der Waals surface area contributed by atoms with E-state index in [4.69, 9.17) is 16.8 Å². The molecule has 0 heterocycles. The molecule has 2 N–H and O–H groups in total. The van der Waals surface area contributed by atoms with Crippen LogP contribution in [0.25, 0.3) is 0 Å². The van der Waals surface area contributed by atoms with Gasteiger partial charge in [0, 0.05) is 5.56 Å². The maximum Gasteiger partial charge on any atom is 0.175 e. The van der Waals surface area contributed by atoms with Gasteiger partial charge in [-0.3, -0.25) is 0 Å². The standard InChI is InChI=1S/C9H10ClNO2/c1-5-3-7(9(10)11-13)4-6(2)8(5)12/h3-4,12-13H,1-2H3/b11-9+. The number of hydrogen-bond donors (Lipinski definition) is 2. The van der Waals surface area contributed by atoms with E-state index in [1.807, 2.05) is 0 Å². The van der Waals surface area contributed by atoms with Crippen LogP contribution in [0.1, 0.15) is 16.7 Å². The van der Waals surface area contributed by atoms with Crippen molar-refractivity contribution in [2.24, 2.45) is 5.16 Å². The number of aromatic hydroxyl groups is 1. The van der Waals surface area contributed by atoms with Crippen LogP contribution >= 0.6 is 11.6 Å². The number of phenolic OH excluding ortho intramolecular Hbond substituents is 1. The Kier molecular flexibility index (Phi) is 2.78. The first-order chi connectivity index (χ1) is 6.06. The number of halogens is 1. The van der Waals surface area contributed by atoms with Gasteiger partial charge in [0.2, 0.25) is 0 Å². The highest BCUT2D eigenvalue weighted by Gasteiger charge is 2.06. The van der Waals surface area contributed by atoms with Crippen LogP contribution in [0.3, 0.4) is 0 Å². The Morgan fingerprint density at radius 3 is 2.15 bits per heavy atom. The average molecular weight is 200 g/mol. The Morgan fingerprint density at radius 2 is 1.77 bits per heavy atom. The molecule has 1 aromatic rings. The topological polar surface area (TPSA) is 52.8 Å². The number of benzene rings is 1. The third kappa shape index (κ3) is 1.92. The quantitative estimate of drug-likeness (QED) is 0.415. The van der Waals surface area contributed by atoms with Crippen molar-refractivity contribution in [3.63, 3.8) is 0 Å². The lowest BCUT2D eigenvalue weighted by Gasteiger charge is -2.05. The minimum Gasteiger partial charge on any atom is -0.507 e. The SMILES string of the molecule is Cc1cc(/C(Cl)=N\O)cc(C)c1O. The molecular formula is C9H10ClNO2. The lowest BCUT2D eigenvalue weighted by molar-refractivity contribution is 0.321. The Labute approximate surface area is 81.3 Å². The van der Waals surface area contributed by atoms with Gasteiger partial charge in [-0.15, -0.1) is 0 Å². The molecule has 70 valence electrons. The molecule has 0 amide bonds. The van der Waals surface area contributed by atoms with Crippen LogP contribution in [0, 0.1) is 13.8 Å². The van der Waals surface area contributed by atoms with Gasteiger partial charge in [0.25, 0.3) is 0 Å². The highest BCUT2D eigenvalue weighted by Crippen LogP contribution is 2.23. The molecule has 0 saturated heterocycles. The van der Waals surface area contributed by atoms with E-state index >= 15 is 0 Å². The van der Waals surface area contributed by atoms with Crippen molar-refractivity contribution in [1.82, 2.24) is 0 Å². The van der Waals surface area contributed by atoms with E-state index < -0.39 is 0 Å². The lowest BCUT2D eigenvalue weighted by Crippen LogP contribution is -1.93. The van der Waals surface area contributed by atoms with Crippen LogP contribution in [-0.2, 0) is 0 Å². The zero-order valence-corrected chi connectivity index (χ0v) is 8.13. The van der Waals surface area contributed by atoms with Crippen molar-refractivity contribution in [2.75, 3.05) is 0 Å². The van der Waals surface area contributed by atoms with Crippen molar-refractivity contribution < 1.29 is 10.3 Å². The van der Waals surface area contributed by atoms with Crippen LogP contribution < -0.4 is 0 Å². The van der Waals surface area contributed by atoms with Gasteiger partial charge in [0.05, 0.1) is 0 Å². The van der Waals surface area contributed by atoms with Crippen molar-refractivity contribution in [3.05, 3.63) is 28.8 Å². The first-order valence-corrected chi connectivity index (χ1v) is 4.12. The molecule has 0 aliphatic carbocycles. The predicted molar refractivity (Wildman–Crippen MR) is 51.8 cm³/mol.